The third kappa shape index (κ3) is 2.05. The molecule has 1 aliphatic rings. The van der Waals surface area contributed by atoms with Gasteiger partial charge in [-0.15, -0.1) is 0 Å². The molecule has 2 N–H and O–H groups in total. The van der Waals surface area contributed by atoms with Crippen molar-refractivity contribution in [2.45, 2.75) is 26.3 Å². The fourth-order valence-electron chi connectivity index (χ4n) is 2.43. The van der Waals surface area contributed by atoms with Crippen molar-refractivity contribution in [3.05, 3.63) is 29.6 Å². The zero-order chi connectivity index (χ0) is 11.5. The van der Waals surface area contributed by atoms with E-state index in [1.807, 2.05) is 6.07 Å². The molecule has 1 aliphatic heterocycles. The molecule has 1 aromatic carbocycles. The minimum atomic E-state index is -0.181. The van der Waals surface area contributed by atoms with E-state index in [-0.39, 0.29) is 12.4 Å². The lowest BCUT2D eigenvalue weighted by atomic mass is 10.1. The number of nitrogens with two attached hydrogens (primary N) is 1. The van der Waals surface area contributed by atoms with Crippen LogP contribution < -0.4 is 10.6 Å². The number of hydrogen-bond donors (Lipinski definition) is 1. The monoisotopic (exact) mass is 222 g/mol. The summed E-state index contributed by atoms with van der Waals surface area (Å²) >= 11 is 0. The van der Waals surface area contributed by atoms with Crippen molar-refractivity contribution in [1.29, 1.82) is 0 Å². The van der Waals surface area contributed by atoms with Crippen LogP contribution in [0.15, 0.2) is 18.2 Å². The van der Waals surface area contributed by atoms with Crippen LogP contribution >= 0.6 is 0 Å². The van der Waals surface area contributed by atoms with Crippen LogP contribution in [0, 0.1) is 11.7 Å². The molecule has 2 nitrogen and oxygen atoms in total. The maximum absolute atomic E-state index is 13.6. The van der Waals surface area contributed by atoms with Crippen molar-refractivity contribution in [2.24, 2.45) is 11.7 Å². The molecule has 0 amide bonds. The van der Waals surface area contributed by atoms with Crippen LogP contribution in [0.2, 0.25) is 0 Å². The minimum absolute atomic E-state index is 0.181. The van der Waals surface area contributed by atoms with Gasteiger partial charge in [0.2, 0.25) is 0 Å². The summed E-state index contributed by atoms with van der Waals surface area (Å²) < 4.78 is 13.6. The number of nitrogens with zero attached hydrogens (tertiary/aromatic N) is 1. The number of rotatable bonds is 3. The summed E-state index contributed by atoms with van der Waals surface area (Å²) in [5.41, 5.74) is 7.26. The average Bonchev–Trinajstić information content (AvgIpc) is 2.77. The zero-order valence-electron chi connectivity index (χ0n) is 9.75. The minimum Gasteiger partial charge on any atom is -0.371 e. The van der Waals surface area contributed by atoms with Gasteiger partial charge in [0.15, 0.2) is 0 Å². The smallest absolute Gasteiger partial charge is 0.129 e. The van der Waals surface area contributed by atoms with Crippen LogP contribution in [0.4, 0.5) is 10.1 Å². The first-order valence-electron chi connectivity index (χ1n) is 5.98. The van der Waals surface area contributed by atoms with Gasteiger partial charge in [-0.05, 0) is 24.5 Å². The maximum atomic E-state index is 13.6. The predicted molar refractivity (Wildman–Crippen MR) is 64.9 cm³/mol. The Morgan fingerprint density at radius 2 is 2.31 bits per heavy atom. The molecular formula is C13H19FN2. The second-order valence-corrected chi connectivity index (χ2v) is 4.45. The lowest BCUT2D eigenvalue weighted by Crippen LogP contribution is -2.22. The molecule has 0 aliphatic carbocycles. The van der Waals surface area contributed by atoms with Crippen LogP contribution in [0.3, 0.4) is 0 Å². The molecule has 1 atom stereocenters. The quantitative estimate of drug-likeness (QED) is 0.851. The van der Waals surface area contributed by atoms with Gasteiger partial charge in [0.25, 0.3) is 0 Å². The molecule has 1 fully saturated rings. The standard InChI is InChI=1S/C13H19FN2/c1-2-10-6-7-16(9-10)13-5-3-4-12(14)11(13)8-15/h3-5,10H,2,6-9,15H2,1H3. The summed E-state index contributed by atoms with van der Waals surface area (Å²) in [6.45, 7) is 4.54. The maximum Gasteiger partial charge on any atom is 0.129 e. The number of halogens is 1. The molecule has 1 saturated heterocycles. The number of benzene rings is 1. The Balaban J connectivity index is 2.24. The lowest BCUT2D eigenvalue weighted by Gasteiger charge is -2.21. The summed E-state index contributed by atoms with van der Waals surface area (Å²) in [5.74, 6) is 0.564. The van der Waals surface area contributed by atoms with Crippen molar-refractivity contribution in [2.75, 3.05) is 18.0 Å². The van der Waals surface area contributed by atoms with E-state index in [9.17, 15) is 4.39 Å². The van der Waals surface area contributed by atoms with Crippen LogP contribution in [-0.2, 0) is 6.54 Å². The fourth-order valence-corrected chi connectivity index (χ4v) is 2.43. The van der Waals surface area contributed by atoms with Gasteiger partial charge in [-0.2, -0.15) is 0 Å². The average molecular weight is 222 g/mol. The van der Waals surface area contributed by atoms with Gasteiger partial charge < -0.3 is 10.6 Å². The first-order valence-corrected chi connectivity index (χ1v) is 5.98. The molecule has 0 radical (unpaired) electrons. The second kappa shape index (κ2) is 4.83. The van der Waals surface area contributed by atoms with Gasteiger partial charge in [-0.25, -0.2) is 4.39 Å². The highest BCUT2D eigenvalue weighted by Crippen LogP contribution is 2.29. The Morgan fingerprint density at radius 3 is 2.94 bits per heavy atom. The SMILES string of the molecule is CCC1CCN(c2cccc(F)c2CN)C1. The molecule has 0 saturated carbocycles. The topological polar surface area (TPSA) is 29.3 Å². The van der Waals surface area contributed by atoms with Crippen LogP contribution in [-0.4, -0.2) is 13.1 Å². The third-order valence-electron chi connectivity index (χ3n) is 3.50. The number of anilines is 1. The Kier molecular flexibility index (Phi) is 3.44. The van der Waals surface area contributed by atoms with Crippen LogP contribution in [0.25, 0.3) is 0 Å². The largest absolute Gasteiger partial charge is 0.371 e. The van der Waals surface area contributed by atoms with E-state index in [1.54, 1.807) is 6.07 Å². The molecular weight excluding hydrogens is 203 g/mol. The molecule has 0 bridgehead atoms. The summed E-state index contributed by atoms with van der Waals surface area (Å²) in [4.78, 5) is 2.26. The lowest BCUT2D eigenvalue weighted by molar-refractivity contribution is 0.568. The second-order valence-electron chi connectivity index (χ2n) is 4.45. The van der Waals surface area contributed by atoms with Gasteiger partial charge in [-0.3, -0.25) is 0 Å². The highest BCUT2D eigenvalue weighted by Gasteiger charge is 2.23. The van der Waals surface area contributed by atoms with E-state index < -0.39 is 0 Å². The zero-order valence-corrected chi connectivity index (χ0v) is 9.75. The molecule has 1 heterocycles. The van der Waals surface area contributed by atoms with Crippen molar-refractivity contribution in [3.63, 3.8) is 0 Å². The van der Waals surface area contributed by atoms with E-state index in [0.29, 0.717) is 5.56 Å². The fraction of sp³-hybridized carbons (Fsp3) is 0.538. The molecule has 0 spiro atoms. The summed E-state index contributed by atoms with van der Waals surface area (Å²) in [6, 6.07) is 5.23. The van der Waals surface area contributed by atoms with Gasteiger partial charge in [0.05, 0.1) is 0 Å². The third-order valence-corrected chi connectivity index (χ3v) is 3.50. The Hall–Kier alpha value is -1.09. The molecule has 1 unspecified atom stereocenters. The first-order chi connectivity index (χ1) is 7.76. The van der Waals surface area contributed by atoms with Gasteiger partial charge in [0.1, 0.15) is 5.82 Å². The summed E-state index contributed by atoms with van der Waals surface area (Å²) in [5, 5.41) is 0. The molecule has 16 heavy (non-hydrogen) atoms. The van der Waals surface area contributed by atoms with E-state index in [1.165, 1.54) is 18.9 Å². The number of hydrogen-bond acceptors (Lipinski definition) is 2. The van der Waals surface area contributed by atoms with Crippen molar-refractivity contribution >= 4 is 5.69 Å². The molecule has 0 aromatic heterocycles. The van der Waals surface area contributed by atoms with E-state index in [0.717, 1.165) is 24.7 Å². The summed E-state index contributed by atoms with van der Waals surface area (Å²) in [6.07, 6.45) is 2.40. The molecule has 3 heteroatoms. The van der Waals surface area contributed by atoms with Crippen molar-refractivity contribution in [1.82, 2.24) is 0 Å². The van der Waals surface area contributed by atoms with Crippen LogP contribution in [0.1, 0.15) is 25.3 Å². The highest BCUT2D eigenvalue weighted by atomic mass is 19.1. The van der Waals surface area contributed by atoms with E-state index >= 15 is 0 Å². The predicted octanol–water partition coefficient (Wildman–Crippen LogP) is 2.52. The van der Waals surface area contributed by atoms with E-state index in [2.05, 4.69) is 11.8 Å². The van der Waals surface area contributed by atoms with Crippen LogP contribution in [0.5, 0.6) is 0 Å². The Bertz CT molecular complexity index is 365. The molecule has 88 valence electrons. The molecule has 2 rings (SSSR count). The van der Waals surface area contributed by atoms with Gasteiger partial charge in [0, 0.05) is 30.9 Å². The van der Waals surface area contributed by atoms with Crippen molar-refractivity contribution < 1.29 is 4.39 Å². The van der Waals surface area contributed by atoms with Gasteiger partial charge in [-0.1, -0.05) is 19.4 Å². The van der Waals surface area contributed by atoms with Gasteiger partial charge >= 0.3 is 0 Å². The first kappa shape index (κ1) is 11.4. The van der Waals surface area contributed by atoms with Crippen molar-refractivity contribution in [3.8, 4) is 0 Å². The molecule has 1 aromatic rings. The normalized spacial score (nSPS) is 20.4. The Morgan fingerprint density at radius 1 is 1.50 bits per heavy atom. The highest BCUT2D eigenvalue weighted by molar-refractivity contribution is 5.54. The summed E-state index contributed by atoms with van der Waals surface area (Å²) in [7, 11) is 0. The Labute approximate surface area is 96.2 Å². The van der Waals surface area contributed by atoms with E-state index in [4.69, 9.17) is 5.73 Å².